The van der Waals surface area contributed by atoms with Gasteiger partial charge in [0, 0.05) is 16.1 Å². The molecule has 8 heteroatoms. The molecule has 1 heterocycles. The molecule has 4 rings (SSSR count). The zero-order valence-electron chi connectivity index (χ0n) is 23.4. The van der Waals surface area contributed by atoms with Gasteiger partial charge in [-0.25, -0.2) is 4.79 Å². The molecule has 0 radical (unpaired) electrons. The number of carbonyl (C=O) groups excluding carboxylic acids is 3. The summed E-state index contributed by atoms with van der Waals surface area (Å²) in [5.41, 5.74) is 5.82. The van der Waals surface area contributed by atoms with E-state index in [1.165, 1.54) is 11.3 Å². The van der Waals surface area contributed by atoms with E-state index >= 15 is 0 Å². The molecule has 0 saturated carbocycles. The minimum Gasteiger partial charge on any atom is -0.481 e. The van der Waals surface area contributed by atoms with Crippen LogP contribution in [0.5, 0.6) is 5.75 Å². The van der Waals surface area contributed by atoms with E-state index in [9.17, 15) is 14.4 Å². The van der Waals surface area contributed by atoms with Crippen molar-refractivity contribution in [2.45, 2.75) is 66.9 Å². The number of hydrogen-bond acceptors (Lipinski definition) is 6. The highest BCUT2D eigenvalue weighted by atomic mass is 32.1. The molecule has 7 nitrogen and oxygen atoms in total. The van der Waals surface area contributed by atoms with Crippen molar-refractivity contribution in [3.05, 3.63) is 74.7 Å². The maximum atomic E-state index is 13.1. The Bertz CT molecular complexity index is 1370. The van der Waals surface area contributed by atoms with E-state index in [-0.39, 0.29) is 18.4 Å². The van der Waals surface area contributed by atoms with Gasteiger partial charge in [0.15, 0.2) is 6.10 Å². The predicted octanol–water partition coefficient (Wildman–Crippen LogP) is 6.63. The third-order valence-corrected chi connectivity index (χ3v) is 8.11. The lowest BCUT2D eigenvalue weighted by atomic mass is 9.88. The summed E-state index contributed by atoms with van der Waals surface area (Å²) in [5, 5.41) is 6.43. The van der Waals surface area contributed by atoms with Gasteiger partial charge in [0.05, 0.1) is 12.2 Å². The molecule has 206 valence electrons. The summed E-state index contributed by atoms with van der Waals surface area (Å²) in [6.45, 7) is 11.9. The molecule has 1 aromatic heterocycles. The normalized spacial score (nSPS) is 15.2. The SMILES string of the molecule is CCOC(=O)c1c(NC(=O)c2ccc(O[C@@H](C)C(=O)Nc3c(C)cc(C)cc3C)cc2)sc2c1CC[C@@H](C)C2. The van der Waals surface area contributed by atoms with Gasteiger partial charge in [0.1, 0.15) is 10.8 Å². The highest BCUT2D eigenvalue weighted by molar-refractivity contribution is 7.17. The van der Waals surface area contributed by atoms with E-state index in [0.29, 0.717) is 27.8 Å². The van der Waals surface area contributed by atoms with Crippen LogP contribution in [0.4, 0.5) is 10.7 Å². The van der Waals surface area contributed by atoms with Crippen LogP contribution < -0.4 is 15.4 Å². The zero-order valence-corrected chi connectivity index (χ0v) is 24.2. The Morgan fingerprint density at radius 2 is 1.72 bits per heavy atom. The van der Waals surface area contributed by atoms with Crippen molar-refractivity contribution in [2.75, 3.05) is 17.2 Å². The number of esters is 1. The van der Waals surface area contributed by atoms with Gasteiger partial charge in [-0.1, -0.05) is 24.6 Å². The van der Waals surface area contributed by atoms with Crippen molar-refractivity contribution in [2.24, 2.45) is 5.92 Å². The lowest BCUT2D eigenvalue weighted by Crippen LogP contribution is -2.30. The molecule has 0 unspecified atom stereocenters. The molecule has 1 aliphatic rings. The van der Waals surface area contributed by atoms with Gasteiger partial charge >= 0.3 is 5.97 Å². The summed E-state index contributed by atoms with van der Waals surface area (Å²) in [4.78, 5) is 39.8. The zero-order chi connectivity index (χ0) is 28.3. The van der Waals surface area contributed by atoms with Crippen LogP contribution >= 0.6 is 11.3 Å². The standard InChI is InChI=1S/C31H36N2O5S/c1-7-37-31(36)26-24-13-8-17(2)16-25(24)39-30(26)33-29(35)22-9-11-23(12-10-22)38-21(6)28(34)32-27-19(4)14-18(3)15-20(27)5/h9-12,14-15,17,21H,7-8,13,16H2,1-6H3,(H,32,34)(H,33,35)/t17-,21+/m1/s1. The molecule has 0 fully saturated rings. The highest BCUT2D eigenvalue weighted by Gasteiger charge is 2.29. The van der Waals surface area contributed by atoms with E-state index in [1.54, 1.807) is 38.1 Å². The van der Waals surface area contributed by atoms with E-state index in [0.717, 1.165) is 52.1 Å². The smallest absolute Gasteiger partial charge is 0.341 e. The van der Waals surface area contributed by atoms with Gasteiger partial charge < -0.3 is 20.1 Å². The number of rotatable bonds is 8. The van der Waals surface area contributed by atoms with E-state index in [4.69, 9.17) is 9.47 Å². The quantitative estimate of drug-likeness (QED) is 0.308. The van der Waals surface area contributed by atoms with Crippen molar-refractivity contribution >= 4 is 39.8 Å². The van der Waals surface area contributed by atoms with Crippen LogP contribution in [0.25, 0.3) is 0 Å². The third kappa shape index (κ3) is 6.50. The lowest BCUT2D eigenvalue weighted by molar-refractivity contribution is -0.122. The first kappa shape index (κ1) is 28.4. The molecule has 2 amide bonds. The number of aryl methyl sites for hydroxylation is 3. The van der Waals surface area contributed by atoms with Crippen LogP contribution in [0.15, 0.2) is 36.4 Å². The van der Waals surface area contributed by atoms with Gasteiger partial charge in [-0.3, -0.25) is 9.59 Å². The average Bonchev–Trinajstić information content (AvgIpc) is 3.23. The molecule has 2 atom stereocenters. The molecule has 2 N–H and O–H groups in total. The number of nitrogens with one attached hydrogen (secondary N) is 2. The average molecular weight is 549 g/mol. The summed E-state index contributed by atoms with van der Waals surface area (Å²) in [7, 11) is 0. The predicted molar refractivity (Wildman–Crippen MR) is 155 cm³/mol. The summed E-state index contributed by atoms with van der Waals surface area (Å²) < 4.78 is 11.1. The molecule has 1 aliphatic carbocycles. The molecule has 0 bridgehead atoms. The molecule has 39 heavy (non-hydrogen) atoms. The van der Waals surface area contributed by atoms with E-state index in [2.05, 4.69) is 17.6 Å². The Labute approximate surface area is 233 Å². The molecular formula is C31H36N2O5S. The first-order valence-corrected chi connectivity index (χ1v) is 14.2. The van der Waals surface area contributed by atoms with Crippen molar-refractivity contribution in [1.82, 2.24) is 0 Å². The second-order valence-corrected chi connectivity index (χ2v) is 11.4. The Hall–Kier alpha value is -3.65. The van der Waals surface area contributed by atoms with Gasteiger partial charge in [0.25, 0.3) is 11.8 Å². The molecule has 3 aromatic rings. The van der Waals surface area contributed by atoms with Gasteiger partial charge in [-0.15, -0.1) is 11.3 Å². The number of carbonyl (C=O) groups is 3. The number of thiophene rings is 1. The van der Waals surface area contributed by atoms with Gasteiger partial charge in [0.2, 0.25) is 0 Å². The fraction of sp³-hybridized carbons (Fsp3) is 0.387. The number of amides is 2. The number of fused-ring (bicyclic) bond motifs is 1. The Kier molecular flexibility index (Phi) is 8.75. The highest BCUT2D eigenvalue weighted by Crippen LogP contribution is 2.40. The van der Waals surface area contributed by atoms with Crippen molar-refractivity contribution in [1.29, 1.82) is 0 Å². The molecule has 0 saturated heterocycles. The maximum absolute atomic E-state index is 13.1. The van der Waals surface area contributed by atoms with Crippen molar-refractivity contribution < 1.29 is 23.9 Å². The van der Waals surface area contributed by atoms with Gasteiger partial charge in [-0.2, -0.15) is 0 Å². The molecular weight excluding hydrogens is 512 g/mol. The van der Waals surface area contributed by atoms with Crippen LogP contribution in [0.3, 0.4) is 0 Å². The molecule has 0 spiro atoms. The Balaban J connectivity index is 1.43. The summed E-state index contributed by atoms with van der Waals surface area (Å²) in [5.74, 6) is 0.0344. The number of hydrogen-bond donors (Lipinski definition) is 2. The third-order valence-electron chi connectivity index (χ3n) is 6.94. The largest absolute Gasteiger partial charge is 0.481 e. The fourth-order valence-electron chi connectivity index (χ4n) is 4.98. The summed E-state index contributed by atoms with van der Waals surface area (Å²) in [6, 6.07) is 10.7. The number of anilines is 2. The number of benzene rings is 2. The maximum Gasteiger partial charge on any atom is 0.341 e. The van der Waals surface area contributed by atoms with Crippen LogP contribution in [-0.2, 0) is 22.4 Å². The molecule has 2 aromatic carbocycles. The van der Waals surface area contributed by atoms with Crippen LogP contribution in [-0.4, -0.2) is 30.5 Å². The summed E-state index contributed by atoms with van der Waals surface area (Å²) >= 11 is 1.46. The first-order valence-electron chi connectivity index (χ1n) is 13.4. The minimum absolute atomic E-state index is 0.255. The topological polar surface area (TPSA) is 93.7 Å². The fourth-order valence-corrected chi connectivity index (χ4v) is 6.37. The summed E-state index contributed by atoms with van der Waals surface area (Å²) in [6.07, 6.45) is 1.96. The lowest BCUT2D eigenvalue weighted by Gasteiger charge is -2.18. The second-order valence-electron chi connectivity index (χ2n) is 10.3. The van der Waals surface area contributed by atoms with Crippen LogP contribution in [0.2, 0.25) is 0 Å². The van der Waals surface area contributed by atoms with Crippen molar-refractivity contribution in [3.63, 3.8) is 0 Å². The Morgan fingerprint density at radius 3 is 2.36 bits per heavy atom. The van der Waals surface area contributed by atoms with Crippen LogP contribution in [0, 0.1) is 26.7 Å². The number of ether oxygens (including phenoxy) is 2. The van der Waals surface area contributed by atoms with Gasteiger partial charge in [-0.05, 0) is 101 Å². The van der Waals surface area contributed by atoms with Crippen molar-refractivity contribution in [3.8, 4) is 5.75 Å². The molecule has 0 aliphatic heterocycles. The minimum atomic E-state index is -0.739. The first-order chi connectivity index (χ1) is 18.6. The Morgan fingerprint density at radius 1 is 1.05 bits per heavy atom. The van der Waals surface area contributed by atoms with Crippen LogP contribution in [0.1, 0.15) is 75.0 Å². The van der Waals surface area contributed by atoms with E-state index in [1.807, 2.05) is 32.9 Å². The second kappa shape index (κ2) is 12.0. The monoisotopic (exact) mass is 548 g/mol. The van der Waals surface area contributed by atoms with E-state index < -0.39 is 12.1 Å².